The molecule has 0 saturated heterocycles. The Balaban J connectivity index is 0.00000364. The van der Waals surface area contributed by atoms with Crippen LogP contribution >= 0.6 is 24.0 Å². The number of nitrogens with zero attached hydrogens (tertiary/aromatic N) is 1. The van der Waals surface area contributed by atoms with Crippen LogP contribution in [-0.4, -0.2) is 42.1 Å². The number of hydrogen-bond acceptors (Lipinski definition) is 3. The summed E-state index contributed by atoms with van der Waals surface area (Å²) in [6, 6.07) is 6.32. The maximum atomic E-state index is 11.8. The Hall–Kier alpha value is -1.77. The zero-order valence-corrected chi connectivity index (χ0v) is 19.1. The molecule has 1 aromatic heterocycles. The van der Waals surface area contributed by atoms with Gasteiger partial charge in [-0.3, -0.25) is 4.79 Å². The minimum atomic E-state index is -0.494. The van der Waals surface area contributed by atoms with Crippen molar-refractivity contribution < 1.29 is 9.53 Å². The van der Waals surface area contributed by atoms with Crippen LogP contribution in [0.5, 0.6) is 0 Å². The first kappa shape index (κ1) is 23.3. The maximum absolute atomic E-state index is 11.8. The zero-order chi connectivity index (χ0) is 19.2. The number of esters is 1. The van der Waals surface area contributed by atoms with Crippen LogP contribution < -0.4 is 10.6 Å². The van der Waals surface area contributed by atoms with Gasteiger partial charge in [0.1, 0.15) is 12.1 Å². The Bertz CT molecular complexity index is 778. The molecule has 0 atom stereocenters. The molecule has 6 nitrogen and oxygen atoms in total. The second kappa shape index (κ2) is 10.5. The number of para-hydroxylation sites is 1. The van der Waals surface area contributed by atoms with Crippen LogP contribution in [0.15, 0.2) is 29.4 Å². The Kier molecular flexibility index (Phi) is 9.08. The normalized spacial score (nSPS) is 11.8. The second-order valence-corrected chi connectivity index (χ2v) is 7.27. The van der Waals surface area contributed by atoms with E-state index in [-0.39, 0.29) is 36.5 Å². The molecule has 0 amide bonds. The lowest BCUT2D eigenvalue weighted by Gasteiger charge is -2.19. The van der Waals surface area contributed by atoms with Gasteiger partial charge in [0.05, 0.1) is 0 Å². The molecule has 3 N–H and O–H groups in total. The van der Waals surface area contributed by atoms with E-state index in [1.165, 1.54) is 22.0 Å². The van der Waals surface area contributed by atoms with Crippen LogP contribution in [0.1, 0.15) is 38.8 Å². The summed E-state index contributed by atoms with van der Waals surface area (Å²) in [6.07, 6.45) is 2.92. The number of hydrogen-bond donors (Lipinski definition) is 3. The lowest BCUT2D eigenvalue weighted by atomic mass is 10.1. The highest BCUT2D eigenvalue weighted by molar-refractivity contribution is 14.0. The Morgan fingerprint density at radius 2 is 2.00 bits per heavy atom. The van der Waals surface area contributed by atoms with E-state index in [9.17, 15) is 4.79 Å². The van der Waals surface area contributed by atoms with Crippen LogP contribution in [0.4, 0.5) is 0 Å². The smallest absolute Gasteiger partial charge is 0.328 e. The third-order valence-corrected chi connectivity index (χ3v) is 3.83. The molecule has 0 bridgehead atoms. The van der Waals surface area contributed by atoms with Crippen LogP contribution in [0, 0.1) is 6.92 Å². The van der Waals surface area contributed by atoms with E-state index in [0.29, 0.717) is 5.96 Å². The number of guanidine groups is 1. The predicted octanol–water partition coefficient (Wildman–Crippen LogP) is 3.53. The van der Waals surface area contributed by atoms with Crippen molar-refractivity contribution in [3.63, 3.8) is 0 Å². The number of ether oxygens (including phenoxy) is 1. The van der Waals surface area contributed by atoms with Gasteiger partial charge in [-0.05, 0) is 52.2 Å². The number of aromatic amines is 1. The number of nitrogens with one attached hydrogen (secondary N) is 3. The van der Waals surface area contributed by atoms with Crippen molar-refractivity contribution in [2.24, 2.45) is 4.99 Å². The monoisotopic (exact) mass is 486 g/mol. The van der Waals surface area contributed by atoms with E-state index in [1.54, 1.807) is 0 Å². The Morgan fingerprint density at radius 1 is 1.26 bits per heavy atom. The molecule has 27 heavy (non-hydrogen) atoms. The average molecular weight is 486 g/mol. The number of aromatic nitrogens is 1. The minimum Gasteiger partial charge on any atom is -0.459 e. The van der Waals surface area contributed by atoms with E-state index >= 15 is 0 Å². The molecule has 0 unspecified atom stereocenters. The van der Waals surface area contributed by atoms with Gasteiger partial charge in [-0.15, -0.1) is 24.0 Å². The number of benzene rings is 1. The van der Waals surface area contributed by atoms with Crippen molar-refractivity contribution in [1.29, 1.82) is 0 Å². The maximum Gasteiger partial charge on any atom is 0.328 e. The van der Waals surface area contributed by atoms with Gasteiger partial charge >= 0.3 is 5.97 Å². The van der Waals surface area contributed by atoms with Gasteiger partial charge in [-0.2, -0.15) is 0 Å². The van der Waals surface area contributed by atoms with Gasteiger partial charge in [0.2, 0.25) is 0 Å². The first-order valence-electron chi connectivity index (χ1n) is 9.09. The summed E-state index contributed by atoms with van der Waals surface area (Å²) in [5.74, 6) is 0.288. The molecule has 1 heterocycles. The van der Waals surface area contributed by atoms with Crippen LogP contribution in [-0.2, 0) is 16.0 Å². The van der Waals surface area contributed by atoms with E-state index in [1.807, 2.05) is 27.7 Å². The lowest BCUT2D eigenvalue weighted by molar-refractivity contribution is -0.152. The number of fused-ring (bicyclic) bond motifs is 1. The number of carbonyl (C=O) groups is 1. The average Bonchev–Trinajstić information content (AvgIpc) is 2.96. The summed E-state index contributed by atoms with van der Waals surface area (Å²) in [7, 11) is 0. The molecule has 1 aromatic carbocycles. The summed E-state index contributed by atoms with van der Waals surface area (Å²) in [5, 5.41) is 7.68. The molecule has 0 aliphatic rings. The molecule has 0 aliphatic carbocycles. The molecule has 0 radical (unpaired) electrons. The Morgan fingerprint density at radius 3 is 2.67 bits per heavy atom. The highest BCUT2D eigenvalue weighted by Crippen LogP contribution is 2.21. The number of rotatable bonds is 6. The number of H-pyrrole nitrogens is 1. The minimum absolute atomic E-state index is 0. The molecule has 2 rings (SSSR count). The van der Waals surface area contributed by atoms with Crippen molar-refractivity contribution in [3.8, 4) is 0 Å². The van der Waals surface area contributed by atoms with Crippen molar-refractivity contribution in [3.05, 3.63) is 35.5 Å². The second-order valence-electron chi connectivity index (χ2n) is 7.27. The van der Waals surface area contributed by atoms with E-state index < -0.39 is 5.60 Å². The van der Waals surface area contributed by atoms with Gasteiger partial charge in [-0.25, -0.2) is 4.99 Å². The van der Waals surface area contributed by atoms with E-state index in [2.05, 4.69) is 51.9 Å². The zero-order valence-electron chi connectivity index (χ0n) is 16.8. The van der Waals surface area contributed by atoms with E-state index in [4.69, 9.17) is 4.74 Å². The molecule has 150 valence electrons. The van der Waals surface area contributed by atoms with Crippen molar-refractivity contribution in [1.82, 2.24) is 15.6 Å². The molecular weight excluding hydrogens is 455 g/mol. The quantitative estimate of drug-likeness (QED) is 0.253. The van der Waals surface area contributed by atoms with Crippen LogP contribution in [0.2, 0.25) is 0 Å². The first-order valence-corrected chi connectivity index (χ1v) is 9.09. The topological polar surface area (TPSA) is 78.5 Å². The van der Waals surface area contributed by atoms with Gasteiger partial charge in [0, 0.05) is 30.2 Å². The fourth-order valence-electron chi connectivity index (χ4n) is 2.75. The molecule has 0 fully saturated rings. The lowest BCUT2D eigenvalue weighted by Crippen LogP contribution is -2.39. The largest absolute Gasteiger partial charge is 0.459 e. The SMILES string of the molecule is CCNC(=NCC(=O)OC(C)(C)C)NCCc1c[nH]c2c(C)cccc12.I. The summed E-state index contributed by atoms with van der Waals surface area (Å²) < 4.78 is 5.28. The van der Waals surface area contributed by atoms with Crippen molar-refractivity contribution in [2.75, 3.05) is 19.6 Å². The summed E-state index contributed by atoms with van der Waals surface area (Å²) >= 11 is 0. The first-order chi connectivity index (χ1) is 12.3. The van der Waals surface area contributed by atoms with E-state index in [0.717, 1.165) is 19.5 Å². The number of carbonyl (C=O) groups excluding carboxylic acids is 1. The van der Waals surface area contributed by atoms with Crippen molar-refractivity contribution in [2.45, 2.75) is 46.6 Å². The molecule has 0 aliphatic heterocycles. The number of aliphatic imine (C=N–C) groups is 1. The van der Waals surface area contributed by atoms with Crippen LogP contribution in [0.25, 0.3) is 10.9 Å². The van der Waals surface area contributed by atoms with Gasteiger partial charge in [0.25, 0.3) is 0 Å². The summed E-state index contributed by atoms with van der Waals surface area (Å²) in [5.41, 5.74) is 3.20. The number of halogens is 1. The fraction of sp³-hybridized carbons (Fsp3) is 0.500. The molecular formula is C20H31IN4O2. The van der Waals surface area contributed by atoms with Gasteiger partial charge < -0.3 is 20.4 Å². The molecule has 0 saturated carbocycles. The molecule has 2 aromatic rings. The predicted molar refractivity (Wildman–Crippen MR) is 122 cm³/mol. The Labute approximate surface area is 178 Å². The van der Waals surface area contributed by atoms with Crippen molar-refractivity contribution >= 4 is 46.8 Å². The van der Waals surface area contributed by atoms with Crippen LogP contribution in [0.3, 0.4) is 0 Å². The summed E-state index contributed by atoms with van der Waals surface area (Å²) in [6.45, 7) is 11.1. The summed E-state index contributed by atoms with van der Waals surface area (Å²) in [4.78, 5) is 19.5. The third-order valence-electron chi connectivity index (χ3n) is 3.83. The highest BCUT2D eigenvalue weighted by atomic mass is 127. The molecule has 0 spiro atoms. The fourth-order valence-corrected chi connectivity index (χ4v) is 2.75. The standard InChI is InChI=1S/C20H30N4O2.HI/c1-6-21-19(24-13-17(25)26-20(3,4)5)22-11-10-15-12-23-18-14(2)8-7-9-16(15)18;/h7-9,12,23H,6,10-11,13H2,1-5H3,(H2,21,22,24);1H. The van der Waals surface area contributed by atoms with Gasteiger partial charge in [-0.1, -0.05) is 18.2 Å². The number of aryl methyl sites for hydroxylation is 1. The molecule has 7 heteroatoms. The highest BCUT2D eigenvalue weighted by Gasteiger charge is 2.15. The third kappa shape index (κ3) is 7.40. The van der Waals surface area contributed by atoms with Gasteiger partial charge in [0.15, 0.2) is 5.96 Å².